The average molecular weight is 869 g/mol. The van der Waals surface area contributed by atoms with Crippen LogP contribution < -0.4 is 0 Å². The fourth-order valence-electron chi connectivity index (χ4n) is 7.50. The second kappa shape index (κ2) is 51.0. The van der Waals surface area contributed by atoms with Crippen LogP contribution in [0.1, 0.15) is 271 Å². The number of rotatable bonds is 48. The molecule has 6 nitrogen and oxygen atoms in total. The molecule has 0 rings (SSSR count). The standard InChI is InChI=1S/C56H100O6/c1-4-7-10-13-16-18-20-22-24-25-26-27-28-29-30-31-33-34-36-38-40-43-46-49-55(58)61-52-53(51-60-54(57)48-45-42-15-12-9-6-3)62-56(59)50-47-44-41-39-37-35-32-23-21-19-17-14-11-8-5-2/h20,22-23,25-26,28-29,32,53H,4-19,21,24,27,30-31,33-52H2,1-3H3/b22-20-,26-25-,29-28-,32-23-. The van der Waals surface area contributed by atoms with E-state index in [9.17, 15) is 14.4 Å². The molecule has 0 aliphatic carbocycles. The summed E-state index contributed by atoms with van der Waals surface area (Å²) in [4.78, 5) is 37.7. The molecule has 0 aliphatic rings. The lowest BCUT2D eigenvalue weighted by Crippen LogP contribution is -2.30. The van der Waals surface area contributed by atoms with Gasteiger partial charge in [-0.05, 0) is 83.5 Å². The summed E-state index contributed by atoms with van der Waals surface area (Å²) in [6.45, 7) is 6.56. The molecule has 0 aliphatic heterocycles. The summed E-state index contributed by atoms with van der Waals surface area (Å²) in [6.07, 6.45) is 61.2. The Morgan fingerprint density at radius 3 is 0.919 bits per heavy atom. The van der Waals surface area contributed by atoms with Crippen LogP contribution in [0.4, 0.5) is 0 Å². The van der Waals surface area contributed by atoms with Gasteiger partial charge in [-0.25, -0.2) is 0 Å². The zero-order valence-corrected chi connectivity index (χ0v) is 41.1. The molecule has 0 radical (unpaired) electrons. The van der Waals surface area contributed by atoms with Crippen LogP contribution in [-0.2, 0) is 28.6 Å². The molecule has 360 valence electrons. The van der Waals surface area contributed by atoms with Gasteiger partial charge in [0.15, 0.2) is 6.10 Å². The third kappa shape index (κ3) is 48.4. The largest absolute Gasteiger partial charge is 0.462 e. The van der Waals surface area contributed by atoms with Crippen molar-refractivity contribution in [1.82, 2.24) is 0 Å². The zero-order chi connectivity index (χ0) is 45.1. The maximum Gasteiger partial charge on any atom is 0.306 e. The minimum absolute atomic E-state index is 0.0782. The molecule has 0 aromatic carbocycles. The molecule has 1 atom stereocenters. The molecule has 0 bridgehead atoms. The van der Waals surface area contributed by atoms with Gasteiger partial charge in [0.05, 0.1) is 0 Å². The summed E-state index contributed by atoms with van der Waals surface area (Å²) < 4.78 is 16.7. The molecule has 62 heavy (non-hydrogen) atoms. The van der Waals surface area contributed by atoms with Crippen LogP contribution in [0.2, 0.25) is 0 Å². The number of unbranched alkanes of at least 4 members (excludes halogenated alkanes) is 29. The highest BCUT2D eigenvalue weighted by Gasteiger charge is 2.19. The molecule has 0 spiro atoms. The van der Waals surface area contributed by atoms with Gasteiger partial charge in [-0.1, -0.05) is 217 Å². The summed E-state index contributed by atoms with van der Waals surface area (Å²) in [7, 11) is 0. The van der Waals surface area contributed by atoms with Crippen molar-refractivity contribution < 1.29 is 28.6 Å². The van der Waals surface area contributed by atoms with Crippen molar-refractivity contribution in [2.45, 2.75) is 277 Å². The van der Waals surface area contributed by atoms with Gasteiger partial charge < -0.3 is 14.2 Å². The normalized spacial score (nSPS) is 12.4. The van der Waals surface area contributed by atoms with Crippen molar-refractivity contribution in [3.63, 3.8) is 0 Å². The van der Waals surface area contributed by atoms with Crippen molar-refractivity contribution in [1.29, 1.82) is 0 Å². The van der Waals surface area contributed by atoms with E-state index in [0.717, 1.165) is 83.5 Å². The van der Waals surface area contributed by atoms with Crippen LogP contribution in [0, 0.1) is 0 Å². The summed E-state index contributed by atoms with van der Waals surface area (Å²) in [6, 6.07) is 0. The second-order valence-corrected chi connectivity index (χ2v) is 17.8. The smallest absolute Gasteiger partial charge is 0.306 e. The minimum atomic E-state index is -0.776. The number of ether oxygens (including phenoxy) is 3. The Hall–Kier alpha value is -2.63. The third-order valence-corrected chi connectivity index (χ3v) is 11.6. The third-order valence-electron chi connectivity index (χ3n) is 11.6. The molecule has 0 fully saturated rings. The van der Waals surface area contributed by atoms with E-state index < -0.39 is 6.10 Å². The quantitative estimate of drug-likeness (QED) is 0.0262. The van der Waals surface area contributed by atoms with Crippen molar-refractivity contribution >= 4 is 17.9 Å². The molecule has 0 aromatic rings. The predicted molar refractivity (Wildman–Crippen MR) is 265 cm³/mol. The SMILES string of the molecule is CCCCCCC/C=C\C/C=C\C/C=C\CCCCCCCCCCC(=O)OCC(COC(=O)CCCCCCCC)OC(=O)CCCCCCC/C=C\CCCCCCCC. The molecular weight excluding hydrogens is 769 g/mol. The fraction of sp³-hybridized carbons (Fsp3) is 0.804. The lowest BCUT2D eigenvalue weighted by molar-refractivity contribution is -0.167. The topological polar surface area (TPSA) is 78.9 Å². The van der Waals surface area contributed by atoms with Gasteiger partial charge in [-0.2, -0.15) is 0 Å². The zero-order valence-electron chi connectivity index (χ0n) is 41.1. The van der Waals surface area contributed by atoms with E-state index in [2.05, 4.69) is 69.4 Å². The van der Waals surface area contributed by atoms with Gasteiger partial charge in [0.25, 0.3) is 0 Å². The number of hydrogen-bond acceptors (Lipinski definition) is 6. The van der Waals surface area contributed by atoms with E-state index in [1.54, 1.807) is 0 Å². The van der Waals surface area contributed by atoms with Crippen molar-refractivity contribution in [2.75, 3.05) is 13.2 Å². The first-order chi connectivity index (χ1) is 30.5. The summed E-state index contributed by atoms with van der Waals surface area (Å²) >= 11 is 0. The molecule has 0 N–H and O–H groups in total. The summed E-state index contributed by atoms with van der Waals surface area (Å²) in [5.74, 6) is -0.897. The molecule has 0 saturated heterocycles. The second-order valence-electron chi connectivity index (χ2n) is 17.8. The number of esters is 3. The number of allylic oxidation sites excluding steroid dienone is 8. The highest BCUT2D eigenvalue weighted by molar-refractivity contribution is 5.71. The summed E-state index contributed by atoms with van der Waals surface area (Å²) in [5, 5.41) is 0. The number of carbonyl (C=O) groups excluding carboxylic acids is 3. The van der Waals surface area contributed by atoms with Crippen molar-refractivity contribution in [3.05, 3.63) is 48.6 Å². The maximum atomic E-state index is 12.7. The van der Waals surface area contributed by atoms with Crippen molar-refractivity contribution in [2.24, 2.45) is 0 Å². The van der Waals surface area contributed by atoms with E-state index >= 15 is 0 Å². The molecule has 0 aromatic heterocycles. The van der Waals surface area contributed by atoms with E-state index in [0.29, 0.717) is 19.3 Å². The Balaban J connectivity index is 4.18. The Morgan fingerprint density at radius 1 is 0.323 bits per heavy atom. The van der Waals surface area contributed by atoms with Gasteiger partial charge in [0.2, 0.25) is 0 Å². The van der Waals surface area contributed by atoms with E-state index in [4.69, 9.17) is 14.2 Å². The van der Waals surface area contributed by atoms with Crippen LogP contribution in [0.15, 0.2) is 48.6 Å². The highest BCUT2D eigenvalue weighted by Crippen LogP contribution is 2.14. The Bertz CT molecular complexity index is 1090. The monoisotopic (exact) mass is 869 g/mol. The van der Waals surface area contributed by atoms with E-state index in [-0.39, 0.29) is 31.1 Å². The first-order valence-electron chi connectivity index (χ1n) is 26.6. The molecule has 0 heterocycles. The van der Waals surface area contributed by atoms with Gasteiger partial charge >= 0.3 is 17.9 Å². The Morgan fingerprint density at radius 2 is 0.581 bits per heavy atom. The molecule has 0 amide bonds. The van der Waals surface area contributed by atoms with Crippen molar-refractivity contribution in [3.8, 4) is 0 Å². The maximum absolute atomic E-state index is 12.7. The van der Waals surface area contributed by atoms with Gasteiger partial charge in [0, 0.05) is 19.3 Å². The van der Waals surface area contributed by atoms with Crippen LogP contribution >= 0.6 is 0 Å². The number of carbonyl (C=O) groups is 3. The predicted octanol–water partition coefficient (Wildman–Crippen LogP) is 17.5. The summed E-state index contributed by atoms with van der Waals surface area (Å²) in [5.41, 5.74) is 0. The lowest BCUT2D eigenvalue weighted by atomic mass is 10.1. The fourth-order valence-corrected chi connectivity index (χ4v) is 7.50. The first-order valence-corrected chi connectivity index (χ1v) is 26.6. The Labute approximate surface area is 384 Å². The Kier molecular flexibility index (Phi) is 48.8. The van der Waals surface area contributed by atoms with Crippen LogP contribution in [0.25, 0.3) is 0 Å². The van der Waals surface area contributed by atoms with Gasteiger partial charge in [-0.15, -0.1) is 0 Å². The first kappa shape index (κ1) is 59.4. The van der Waals surface area contributed by atoms with Crippen LogP contribution in [0.3, 0.4) is 0 Å². The lowest BCUT2D eigenvalue weighted by Gasteiger charge is -2.18. The molecule has 0 saturated carbocycles. The molecule has 1 unspecified atom stereocenters. The average Bonchev–Trinajstić information content (AvgIpc) is 3.27. The van der Waals surface area contributed by atoms with Crippen LogP contribution in [0.5, 0.6) is 0 Å². The highest BCUT2D eigenvalue weighted by atomic mass is 16.6. The molecular formula is C56H100O6. The van der Waals surface area contributed by atoms with E-state index in [1.165, 1.54) is 148 Å². The van der Waals surface area contributed by atoms with Gasteiger partial charge in [0.1, 0.15) is 13.2 Å². The number of hydrogen-bond donors (Lipinski definition) is 0. The van der Waals surface area contributed by atoms with Gasteiger partial charge in [-0.3, -0.25) is 14.4 Å². The van der Waals surface area contributed by atoms with Crippen LogP contribution in [-0.4, -0.2) is 37.2 Å². The molecule has 6 heteroatoms. The minimum Gasteiger partial charge on any atom is -0.462 e. The van der Waals surface area contributed by atoms with E-state index in [1.807, 2.05) is 0 Å².